The highest BCUT2D eigenvalue weighted by molar-refractivity contribution is 5.96. The predicted molar refractivity (Wildman–Crippen MR) is 78.0 cm³/mol. The Hall–Kier alpha value is -2.57. The van der Waals surface area contributed by atoms with Crippen LogP contribution in [0.1, 0.15) is 37.0 Å². The number of carbonyl (C=O) groups excluding carboxylic acids is 1. The summed E-state index contributed by atoms with van der Waals surface area (Å²) in [7, 11) is 0. The van der Waals surface area contributed by atoms with Gasteiger partial charge in [-0.15, -0.1) is 0 Å². The van der Waals surface area contributed by atoms with E-state index in [1.54, 1.807) is 12.1 Å². The van der Waals surface area contributed by atoms with Gasteiger partial charge in [-0.2, -0.15) is 0 Å². The maximum Gasteiger partial charge on any atom is 0.326 e. The molecule has 0 heterocycles. The van der Waals surface area contributed by atoms with Gasteiger partial charge in [0.15, 0.2) is 0 Å². The van der Waals surface area contributed by atoms with E-state index in [1.165, 1.54) is 12.1 Å². The van der Waals surface area contributed by atoms with E-state index in [-0.39, 0.29) is 24.5 Å². The number of nitrogens with one attached hydrogen (secondary N) is 1. The van der Waals surface area contributed by atoms with E-state index in [2.05, 4.69) is 5.32 Å². The van der Waals surface area contributed by atoms with Crippen LogP contribution in [-0.4, -0.2) is 40.2 Å². The van der Waals surface area contributed by atoms with E-state index < -0.39 is 23.9 Å². The van der Waals surface area contributed by atoms with Crippen LogP contribution in [-0.2, 0) is 9.59 Å². The fourth-order valence-electron chi connectivity index (χ4n) is 1.72. The summed E-state index contributed by atoms with van der Waals surface area (Å²) in [6.45, 7) is 3.75. The standard InChI is InChI=1S/C15H19NO6/c1-9(2)22-11-5-3-10(4-6-11)14(19)16-12(15(20)21)7-8-13(17)18/h3-6,9,12H,7-8H2,1-2H3,(H,16,19)(H,17,18)(H,20,21). The summed E-state index contributed by atoms with van der Waals surface area (Å²) in [5.41, 5.74) is 0.276. The van der Waals surface area contributed by atoms with Crippen LogP contribution in [0.4, 0.5) is 0 Å². The van der Waals surface area contributed by atoms with E-state index in [0.717, 1.165) is 0 Å². The molecule has 0 radical (unpaired) electrons. The van der Waals surface area contributed by atoms with Gasteiger partial charge < -0.3 is 20.3 Å². The van der Waals surface area contributed by atoms with Crippen LogP contribution < -0.4 is 10.1 Å². The molecular formula is C15H19NO6. The third-order valence-corrected chi connectivity index (χ3v) is 2.74. The first-order valence-corrected chi connectivity index (χ1v) is 6.81. The minimum Gasteiger partial charge on any atom is -0.491 e. The Balaban J connectivity index is 2.69. The van der Waals surface area contributed by atoms with Gasteiger partial charge in [-0.25, -0.2) is 4.79 Å². The van der Waals surface area contributed by atoms with Crippen LogP contribution in [0.15, 0.2) is 24.3 Å². The fraction of sp³-hybridized carbons (Fsp3) is 0.400. The molecule has 0 spiro atoms. The van der Waals surface area contributed by atoms with Crippen LogP contribution in [0.5, 0.6) is 5.75 Å². The molecular weight excluding hydrogens is 290 g/mol. The summed E-state index contributed by atoms with van der Waals surface area (Å²) in [5, 5.41) is 19.9. The van der Waals surface area contributed by atoms with Crippen molar-refractivity contribution in [3.63, 3.8) is 0 Å². The van der Waals surface area contributed by atoms with Crippen molar-refractivity contribution < 1.29 is 29.3 Å². The Bertz CT molecular complexity index is 537. The average molecular weight is 309 g/mol. The summed E-state index contributed by atoms with van der Waals surface area (Å²) >= 11 is 0. The van der Waals surface area contributed by atoms with Crippen molar-refractivity contribution in [2.75, 3.05) is 0 Å². The van der Waals surface area contributed by atoms with Crippen molar-refractivity contribution in [1.82, 2.24) is 5.32 Å². The van der Waals surface area contributed by atoms with Crippen molar-refractivity contribution in [2.45, 2.75) is 38.8 Å². The molecule has 0 aromatic heterocycles. The van der Waals surface area contributed by atoms with Crippen LogP contribution in [0.3, 0.4) is 0 Å². The first-order chi connectivity index (χ1) is 10.3. The highest BCUT2D eigenvalue weighted by Gasteiger charge is 2.21. The lowest BCUT2D eigenvalue weighted by atomic mass is 10.1. The van der Waals surface area contributed by atoms with Gasteiger partial charge in [-0.05, 0) is 44.5 Å². The summed E-state index contributed by atoms with van der Waals surface area (Å²) in [4.78, 5) is 33.5. The monoisotopic (exact) mass is 309 g/mol. The molecule has 1 aromatic rings. The van der Waals surface area contributed by atoms with Gasteiger partial charge in [0.2, 0.25) is 0 Å². The van der Waals surface area contributed by atoms with Gasteiger partial charge in [0.1, 0.15) is 11.8 Å². The second-order valence-corrected chi connectivity index (χ2v) is 4.99. The number of hydrogen-bond acceptors (Lipinski definition) is 4. The maximum absolute atomic E-state index is 12.0. The van der Waals surface area contributed by atoms with E-state index in [9.17, 15) is 14.4 Å². The molecule has 0 aliphatic heterocycles. The highest BCUT2D eigenvalue weighted by atomic mass is 16.5. The molecule has 22 heavy (non-hydrogen) atoms. The largest absolute Gasteiger partial charge is 0.491 e. The molecule has 3 N–H and O–H groups in total. The summed E-state index contributed by atoms with van der Waals surface area (Å²) in [6, 6.07) is 5.02. The molecule has 1 amide bonds. The first kappa shape index (κ1) is 17.5. The van der Waals surface area contributed by atoms with E-state index in [0.29, 0.717) is 5.75 Å². The van der Waals surface area contributed by atoms with Gasteiger partial charge in [-0.1, -0.05) is 0 Å². The van der Waals surface area contributed by atoms with Crippen LogP contribution in [0.25, 0.3) is 0 Å². The lowest BCUT2D eigenvalue weighted by Crippen LogP contribution is -2.41. The van der Waals surface area contributed by atoms with Crippen LogP contribution in [0, 0.1) is 0 Å². The highest BCUT2D eigenvalue weighted by Crippen LogP contribution is 2.14. The quantitative estimate of drug-likeness (QED) is 0.671. The van der Waals surface area contributed by atoms with E-state index >= 15 is 0 Å². The number of aliphatic carboxylic acids is 2. The zero-order valence-electron chi connectivity index (χ0n) is 12.4. The summed E-state index contributed by atoms with van der Waals surface area (Å²) in [6.07, 6.45) is -0.504. The van der Waals surface area contributed by atoms with Crippen molar-refractivity contribution in [3.05, 3.63) is 29.8 Å². The number of benzene rings is 1. The van der Waals surface area contributed by atoms with Gasteiger partial charge in [-0.3, -0.25) is 9.59 Å². The van der Waals surface area contributed by atoms with E-state index in [1.807, 2.05) is 13.8 Å². The molecule has 7 heteroatoms. The topological polar surface area (TPSA) is 113 Å². The van der Waals surface area contributed by atoms with Gasteiger partial charge in [0, 0.05) is 12.0 Å². The number of amides is 1. The molecule has 1 unspecified atom stereocenters. The van der Waals surface area contributed by atoms with Crippen molar-refractivity contribution in [3.8, 4) is 5.75 Å². The summed E-state index contributed by atoms with van der Waals surface area (Å²) < 4.78 is 5.44. The number of carboxylic acids is 2. The second kappa shape index (κ2) is 8.02. The third-order valence-electron chi connectivity index (χ3n) is 2.74. The molecule has 0 saturated carbocycles. The average Bonchev–Trinajstić information content (AvgIpc) is 2.42. The maximum atomic E-state index is 12.0. The van der Waals surface area contributed by atoms with E-state index in [4.69, 9.17) is 14.9 Å². The molecule has 0 saturated heterocycles. The summed E-state index contributed by atoms with van der Waals surface area (Å²) in [5.74, 6) is -2.36. The van der Waals surface area contributed by atoms with Crippen molar-refractivity contribution in [1.29, 1.82) is 0 Å². The Morgan fingerprint density at radius 2 is 1.73 bits per heavy atom. The number of carboxylic acid groups (broad SMARTS) is 2. The molecule has 0 aliphatic rings. The molecule has 1 rings (SSSR count). The second-order valence-electron chi connectivity index (χ2n) is 4.99. The Morgan fingerprint density at radius 1 is 1.14 bits per heavy atom. The minimum atomic E-state index is -1.27. The molecule has 1 atom stereocenters. The normalized spacial score (nSPS) is 11.8. The molecule has 0 aliphatic carbocycles. The molecule has 0 bridgehead atoms. The SMILES string of the molecule is CC(C)Oc1ccc(C(=O)NC(CCC(=O)O)C(=O)O)cc1. The molecule has 1 aromatic carbocycles. The zero-order chi connectivity index (χ0) is 16.7. The lowest BCUT2D eigenvalue weighted by Gasteiger charge is -2.14. The third kappa shape index (κ3) is 5.82. The number of hydrogen-bond donors (Lipinski definition) is 3. The Labute approximate surface area is 127 Å². The van der Waals surface area contributed by atoms with Crippen molar-refractivity contribution >= 4 is 17.8 Å². The minimum absolute atomic E-state index is 0.00656. The van der Waals surface area contributed by atoms with Gasteiger partial charge in [0.05, 0.1) is 6.10 Å². The molecule has 120 valence electrons. The fourth-order valence-corrected chi connectivity index (χ4v) is 1.72. The first-order valence-electron chi connectivity index (χ1n) is 6.81. The number of carbonyl (C=O) groups is 3. The van der Waals surface area contributed by atoms with Gasteiger partial charge in [0.25, 0.3) is 5.91 Å². The Kier molecular flexibility index (Phi) is 6.37. The van der Waals surface area contributed by atoms with Crippen LogP contribution >= 0.6 is 0 Å². The predicted octanol–water partition coefficient (Wildman–Crippen LogP) is 1.52. The van der Waals surface area contributed by atoms with Crippen LogP contribution in [0.2, 0.25) is 0 Å². The number of rotatable bonds is 8. The zero-order valence-corrected chi connectivity index (χ0v) is 12.4. The molecule has 7 nitrogen and oxygen atoms in total. The molecule has 0 fully saturated rings. The van der Waals surface area contributed by atoms with Crippen molar-refractivity contribution in [2.24, 2.45) is 0 Å². The lowest BCUT2D eigenvalue weighted by molar-refractivity contribution is -0.140. The Morgan fingerprint density at radius 3 is 2.18 bits per heavy atom. The smallest absolute Gasteiger partial charge is 0.326 e. The van der Waals surface area contributed by atoms with Gasteiger partial charge >= 0.3 is 11.9 Å². The number of ether oxygens (including phenoxy) is 1.